The molecule has 1 aromatic carbocycles. The summed E-state index contributed by atoms with van der Waals surface area (Å²) in [5, 5.41) is 10.4. The molecule has 2 aromatic rings. The zero-order valence-corrected chi connectivity index (χ0v) is 9.08. The molecule has 0 bridgehead atoms. The monoisotopic (exact) mass is 253 g/mol. The Balaban J connectivity index is 2.39. The maximum atomic E-state index is 5.06. The van der Waals surface area contributed by atoms with Gasteiger partial charge in [0.15, 0.2) is 4.60 Å². The predicted molar refractivity (Wildman–Crippen MR) is 56.1 cm³/mol. The van der Waals surface area contributed by atoms with Crippen LogP contribution < -0.4 is 4.74 Å². The van der Waals surface area contributed by atoms with E-state index in [1.807, 2.05) is 24.3 Å². The Morgan fingerprint density at radius 2 is 1.93 bits per heavy atom. The van der Waals surface area contributed by atoms with Gasteiger partial charge in [0.1, 0.15) is 11.4 Å². The van der Waals surface area contributed by atoms with E-state index in [1.165, 1.54) is 0 Å². The molecule has 5 heteroatoms. The standard InChI is InChI=1S/C9H8BrN3O/c1-14-7-4-2-6(3-5-7)8-9(10)12-13-11-8/h2-5H,1H3,(H,11,12,13). The molecule has 1 N–H and O–H groups in total. The normalized spacial score (nSPS) is 10.1. The molecular formula is C9H8BrN3O. The summed E-state index contributed by atoms with van der Waals surface area (Å²) < 4.78 is 5.77. The van der Waals surface area contributed by atoms with Gasteiger partial charge in [0, 0.05) is 5.56 Å². The van der Waals surface area contributed by atoms with Gasteiger partial charge in [0.2, 0.25) is 0 Å². The molecule has 1 heterocycles. The van der Waals surface area contributed by atoms with Crippen LogP contribution in [0.3, 0.4) is 0 Å². The van der Waals surface area contributed by atoms with Crippen LogP contribution in [0.15, 0.2) is 28.9 Å². The average Bonchev–Trinajstić information content (AvgIpc) is 2.65. The maximum absolute atomic E-state index is 5.06. The second kappa shape index (κ2) is 3.79. The van der Waals surface area contributed by atoms with Gasteiger partial charge >= 0.3 is 0 Å². The van der Waals surface area contributed by atoms with Crippen molar-refractivity contribution in [3.05, 3.63) is 28.9 Å². The first-order valence-corrected chi connectivity index (χ1v) is 4.81. The van der Waals surface area contributed by atoms with Crippen molar-refractivity contribution in [2.75, 3.05) is 7.11 Å². The SMILES string of the molecule is COc1ccc(-c2n[nH]nc2Br)cc1. The molecule has 0 radical (unpaired) electrons. The molecule has 0 amide bonds. The number of aromatic nitrogens is 3. The Morgan fingerprint density at radius 3 is 2.43 bits per heavy atom. The summed E-state index contributed by atoms with van der Waals surface area (Å²) in [5.41, 5.74) is 1.79. The summed E-state index contributed by atoms with van der Waals surface area (Å²) in [6.45, 7) is 0. The van der Waals surface area contributed by atoms with Crippen LogP contribution in [0.25, 0.3) is 11.3 Å². The molecule has 0 spiro atoms. The van der Waals surface area contributed by atoms with E-state index in [0.29, 0.717) is 4.60 Å². The Labute approximate surface area is 89.4 Å². The van der Waals surface area contributed by atoms with Crippen LogP contribution in [0.4, 0.5) is 0 Å². The minimum absolute atomic E-state index is 0.711. The molecule has 2 rings (SSSR count). The number of nitrogens with zero attached hydrogens (tertiary/aromatic N) is 2. The Kier molecular flexibility index (Phi) is 2.49. The fourth-order valence-electron chi connectivity index (χ4n) is 1.15. The first kappa shape index (κ1) is 9.21. The highest BCUT2D eigenvalue weighted by Gasteiger charge is 2.06. The van der Waals surface area contributed by atoms with E-state index in [0.717, 1.165) is 17.0 Å². The summed E-state index contributed by atoms with van der Waals surface area (Å²) >= 11 is 3.30. The van der Waals surface area contributed by atoms with E-state index in [2.05, 4.69) is 31.3 Å². The zero-order chi connectivity index (χ0) is 9.97. The van der Waals surface area contributed by atoms with Crippen molar-refractivity contribution >= 4 is 15.9 Å². The van der Waals surface area contributed by atoms with E-state index in [4.69, 9.17) is 4.74 Å². The molecule has 0 aliphatic carbocycles. The van der Waals surface area contributed by atoms with E-state index in [1.54, 1.807) is 7.11 Å². The topological polar surface area (TPSA) is 50.8 Å². The highest BCUT2D eigenvalue weighted by Crippen LogP contribution is 2.25. The summed E-state index contributed by atoms with van der Waals surface area (Å²) in [7, 11) is 1.64. The van der Waals surface area contributed by atoms with Gasteiger partial charge in [-0.05, 0) is 40.2 Å². The van der Waals surface area contributed by atoms with Gasteiger partial charge in [-0.3, -0.25) is 0 Å². The number of benzene rings is 1. The van der Waals surface area contributed by atoms with Gasteiger partial charge in [0.25, 0.3) is 0 Å². The van der Waals surface area contributed by atoms with Crippen LogP contribution >= 0.6 is 15.9 Å². The van der Waals surface area contributed by atoms with Crippen molar-refractivity contribution in [1.29, 1.82) is 0 Å². The lowest BCUT2D eigenvalue weighted by molar-refractivity contribution is 0.415. The maximum Gasteiger partial charge on any atom is 0.156 e. The Bertz CT molecular complexity index is 424. The highest BCUT2D eigenvalue weighted by atomic mass is 79.9. The van der Waals surface area contributed by atoms with E-state index < -0.39 is 0 Å². The van der Waals surface area contributed by atoms with Crippen molar-refractivity contribution in [1.82, 2.24) is 15.4 Å². The number of hydrogen-bond donors (Lipinski definition) is 1. The molecule has 0 saturated carbocycles. The van der Waals surface area contributed by atoms with Crippen LogP contribution in [0.1, 0.15) is 0 Å². The molecule has 72 valence electrons. The second-order valence-corrected chi connectivity index (χ2v) is 3.44. The van der Waals surface area contributed by atoms with Crippen molar-refractivity contribution in [3.8, 4) is 17.0 Å². The quantitative estimate of drug-likeness (QED) is 0.894. The zero-order valence-electron chi connectivity index (χ0n) is 7.49. The summed E-state index contributed by atoms with van der Waals surface area (Å²) in [4.78, 5) is 0. The predicted octanol–water partition coefficient (Wildman–Crippen LogP) is 2.24. The van der Waals surface area contributed by atoms with Crippen LogP contribution in [0.2, 0.25) is 0 Å². The van der Waals surface area contributed by atoms with E-state index in [-0.39, 0.29) is 0 Å². The number of rotatable bonds is 2. The number of halogens is 1. The van der Waals surface area contributed by atoms with Crippen LogP contribution in [-0.4, -0.2) is 22.5 Å². The van der Waals surface area contributed by atoms with Crippen LogP contribution in [-0.2, 0) is 0 Å². The largest absolute Gasteiger partial charge is 0.497 e. The third-order valence-electron chi connectivity index (χ3n) is 1.87. The van der Waals surface area contributed by atoms with Gasteiger partial charge < -0.3 is 4.74 Å². The third-order valence-corrected chi connectivity index (χ3v) is 2.42. The number of methoxy groups -OCH3 is 1. The first-order valence-electron chi connectivity index (χ1n) is 4.02. The molecule has 0 aliphatic rings. The van der Waals surface area contributed by atoms with Crippen LogP contribution in [0.5, 0.6) is 5.75 Å². The fourth-order valence-corrected chi connectivity index (χ4v) is 1.55. The van der Waals surface area contributed by atoms with Gasteiger partial charge in [-0.25, -0.2) is 0 Å². The van der Waals surface area contributed by atoms with Gasteiger partial charge in [-0.2, -0.15) is 10.3 Å². The number of H-pyrrole nitrogens is 1. The van der Waals surface area contributed by atoms with Gasteiger partial charge in [0.05, 0.1) is 7.11 Å². The smallest absolute Gasteiger partial charge is 0.156 e. The van der Waals surface area contributed by atoms with Crippen LogP contribution in [0, 0.1) is 0 Å². The molecule has 0 aliphatic heterocycles. The summed E-state index contributed by atoms with van der Waals surface area (Å²) in [5.74, 6) is 0.827. The Morgan fingerprint density at radius 1 is 1.21 bits per heavy atom. The van der Waals surface area contributed by atoms with Gasteiger partial charge in [-0.1, -0.05) is 0 Å². The third kappa shape index (κ3) is 1.63. The van der Waals surface area contributed by atoms with E-state index >= 15 is 0 Å². The van der Waals surface area contributed by atoms with Crippen molar-refractivity contribution in [2.45, 2.75) is 0 Å². The summed E-state index contributed by atoms with van der Waals surface area (Å²) in [6.07, 6.45) is 0. The average molecular weight is 254 g/mol. The number of nitrogens with one attached hydrogen (secondary N) is 1. The molecule has 1 aromatic heterocycles. The highest BCUT2D eigenvalue weighted by molar-refractivity contribution is 9.10. The molecule has 4 nitrogen and oxygen atoms in total. The first-order chi connectivity index (χ1) is 6.81. The number of hydrogen-bond acceptors (Lipinski definition) is 3. The lowest BCUT2D eigenvalue weighted by Crippen LogP contribution is -1.83. The molecule has 14 heavy (non-hydrogen) atoms. The molecule has 0 fully saturated rings. The van der Waals surface area contributed by atoms with E-state index in [9.17, 15) is 0 Å². The minimum Gasteiger partial charge on any atom is -0.497 e. The van der Waals surface area contributed by atoms with Gasteiger partial charge in [-0.15, -0.1) is 5.10 Å². The van der Waals surface area contributed by atoms with Crippen molar-refractivity contribution in [2.24, 2.45) is 0 Å². The summed E-state index contributed by atoms with van der Waals surface area (Å²) in [6, 6.07) is 7.63. The number of ether oxygens (including phenoxy) is 1. The molecule has 0 unspecified atom stereocenters. The lowest BCUT2D eigenvalue weighted by Gasteiger charge is -2.00. The molecule has 0 saturated heterocycles. The number of aromatic amines is 1. The molecular weight excluding hydrogens is 246 g/mol. The van der Waals surface area contributed by atoms with Crippen molar-refractivity contribution < 1.29 is 4.74 Å². The lowest BCUT2D eigenvalue weighted by atomic mass is 10.2. The molecule has 0 atom stereocenters. The van der Waals surface area contributed by atoms with Crippen molar-refractivity contribution in [3.63, 3.8) is 0 Å². The fraction of sp³-hybridized carbons (Fsp3) is 0.111. The second-order valence-electron chi connectivity index (χ2n) is 2.69. The Hall–Kier alpha value is -1.36. The minimum atomic E-state index is 0.711.